The van der Waals surface area contributed by atoms with Crippen molar-refractivity contribution < 1.29 is 9.18 Å². The minimum Gasteiger partial charge on any atom is -0.321 e. The molecule has 1 aromatic heterocycles. The summed E-state index contributed by atoms with van der Waals surface area (Å²) in [6, 6.07) is 9.08. The number of carbonyl (C=O) groups is 1. The summed E-state index contributed by atoms with van der Waals surface area (Å²) >= 11 is 5.71. The van der Waals surface area contributed by atoms with Gasteiger partial charge in [-0.1, -0.05) is 11.6 Å². The van der Waals surface area contributed by atoms with E-state index in [2.05, 4.69) is 10.3 Å². The monoisotopic (exact) mass is 250 g/mol. The molecule has 0 saturated heterocycles. The number of halogens is 2. The zero-order chi connectivity index (χ0) is 12.3. The fourth-order valence-electron chi connectivity index (χ4n) is 1.25. The lowest BCUT2D eigenvalue weighted by molar-refractivity contribution is 0.102. The first kappa shape index (κ1) is 11.5. The molecule has 86 valence electrons. The molecule has 1 N–H and O–H groups in total. The average Bonchev–Trinajstić information content (AvgIpc) is 2.33. The predicted octanol–water partition coefficient (Wildman–Crippen LogP) is 3.13. The van der Waals surface area contributed by atoms with E-state index in [1.165, 1.54) is 18.3 Å². The zero-order valence-corrected chi connectivity index (χ0v) is 9.41. The van der Waals surface area contributed by atoms with Crippen LogP contribution >= 0.6 is 11.6 Å². The normalized spacial score (nSPS) is 10.0. The zero-order valence-electron chi connectivity index (χ0n) is 8.65. The molecule has 0 atom stereocenters. The molecular weight excluding hydrogens is 243 g/mol. The van der Waals surface area contributed by atoms with Crippen LogP contribution in [0.25, 0.3) is 0 Å². The summed E-state index contributed by atoms with van der Waals surface area (Å²) in [5, 5.41) is 3.15. The molecule has 0 fully saturated rings. The van der Waals surface area contributed by atoms with Crippen molar-refractivity contribution in [1.29, 1.82) is 0 Å². The third kappa shape index (κ3) is 3.01. The highest BCUT2D eigenvalue weighted by molar-refractivity contribution is 6.30. The van der Waals surface area contributed by atoms with Crippen molar-refractivity contribution in [2.75, 3.05) is 5.32 Å². The van der Waals surface area contributed by atoms with E-state index in [1.807, 2.05) is 0 Å². The third-order valence-electron chi connectivity index (χ3n) is 2.09. The number of aromatic nitrogens is 1. The SMILES string of the molecule is O=C(Nc1ccc(F)nc1)c1ccc(Cl)cc1. The van der Waals surface area contributed by atoms with Crippen LogP contribution in [0.5, 0.6) is 0 Å². The second-order valence-corrected chi connectivity index (χ2v) is 3.77. The Bertz CT molecular complexity index is 525. The number of rotatable bonds is 2. The van der Waals surface area contributed by atoms with Gasteiger partial charge in [-0.15, -0.1) is 0 Å². The molecule has 5 heteroatoms. The van der Waals surface area contributed by atoms with Gasteiger partial charge in [0.1, 0.15) is 0 Å². The number of hydrogen-bond donors (Lipinski definition) is 1. The maximum atomic E-state index is 12.6. The molecule has 17 heavy (non-hydrogen) atoms. The minimum atomic E-state index is -0.588. The van der Waals surface area contributed by atoms with Gasteiger partial charge in [0.2, 0.25) is 5.95 Å². The van der Waals surface area contributed by atoms with Gasteiger partial charge in [0.25, 0.3) is 5.91 Å². The Morgan fingerprint density at radius 1 is 1.18 bits per heavy atom. The Labute approximate surface area is 102 Å². The number of nitrogens with one attached hydrogen (secondary N) is 1. The number of amides is 1. The van der Waals surface area contributed by atoms with Gasteiger partial charge in [0.15, 0.2) is 0 Å². The molecule has 0 bridgehead atoms. The maximum absolute atomic E-state index is 12.6. The fourth-order valence-corrected chi connectivity index (χ4v) is 1.38. The van der Waals surface area contributed by atoms with Crippen LogP contribution in [0.2, 0.25) is 5.02 Å². The molecular formula is C12H8ClFN2O. The minimum absolute atomic E-state index is 0.296. The number of anilines is 1. The molecule has 2 aromatic rings. The Hall–Kier alpha value is -1.94. The third-order valence-corrected chi connectivity index (χ3v) is 2.34. The number of carbonyl (C=O) groups excluding carboxylic acids is 1. The standard InChI is InChI=1S/C12H8ClFN2O/c13-9-3-1-8(2-4-9)12(17)16-10-5-6-11(14)15-7-10/h1-7H,(H,16,17). The van der Waals surface area contributed by atoms with Crippen LogP contribution in [-0.2, 0) is 0 Å². The van der Waals surface area contributed by atoms with Gasteiger partial charge in [-0.3, -0.25) is 4.79 Å². The number of nitrogens with zero attached hydrogens (tertiary/aromatic N) is 1. The van der Waals surface area contributed by atoms with E-state index in [0.29, 0.717) is 16.3 Å². The van der Waals surface area contributed by atoms with E-state index in [0.717, 1.165) is 0 Å². The van der Waals surface area contributed by atoms with Gasteiger partial charge in [0, 0.05) is 10.6 Å². The van der Waals surface area contributed by atoms with E-state index >= 15 is 0 Å². The predicted molar refractivity (Wildman–Crippen MR) is 63.6 cm³/mol. The Morgan fingerprint density at radius 2 is 1.88 bits per heavy atom. The van der Waals surface area contributed by atoms with Crippen molar-refractivity contribution in [3.8, 4) is 0 Å². The van der Waals surface area contributed by atoms with E-state index in [1.54, 1.807) is 24.3 Å². The molecule has 1 aromatic carbocycles. The van der Waals surface area contributed by atoms with Gasteiger partial charge in [0.05, 0.1) is 11.9 Å². The van der Waals surface area contributed by atoms with E-state index in [-0.39, 0.29) is 5.91 Å². The maximum Gasteiger partial charge on any atom is 0.255 e. The smallest absolute Gasteiger partial charge is 0.255 e. The Balaban J connectivity index is 2.11. The van der Waals surface area contributed by atoms with Gasteiger partial charge in [-0.2, -0.15) is 4.39 Å². The Morgan fingerprint density at radius 3 is 2.47 bits per heavy atom. The highest BCUT2D eigenvalue weighted by atomic mass is 35.5. The lowest BCUT2D eigenvalue weighted by atomic mass is 10.2. The summed E-state index contributed by atoms with van der Waals surface area (Å²) in [7, 11) is 0. The molecule has 0 aliphatic carbocycles. The first-order valence-electron chi connectivity index (χ1n) is 4.83. The van der Waals surface area contributed by atoms with Crippen LogP contribution in [0.1, 0.15) is 10.4 Å². The van der Waals surface area contributed by atoms with Crippen molar-refractivity contribution in [2.45, 2.75) is 0 Å². The number of pyridine rings is 1. The Kier molecular flexibility index (Phi) is 3.35. The summed E-state index contributed by atoms with van der Waals surface area (Å²) in [5.41, 5.74) is 0.907. The molecule has 0 aliphatic rings. The topological polar surface area (TPSA) is 42.0 Å². The summed E-state index contributed by atoms with van der Waals surface area (Å²) in [4.78, 5) is 15.2. The number of hydrogen-bond acceptors (Lipinski definition) is 2. The lowest BCUT2D eigenvalue weighted by Crippen LogP contribution is -2.11. The highest BCUT2D eigenvalue weighted by Crippen LogP contribution is 2.12. The van der Waals surface area contributed by atoms with Crippen LogP contribution in [0.15, 0.2) is 42.6 Å². The van der Waals surface area contributed by atoms with Gasteiger partial charge >= 0.3 is 0 Å². The molecule has 0 radical (unpaired) electrons. The molecule has 2 rings (SSSR count). The first-order chi connectivity index (χ1) is 8.15. The molecule has 1 amide bonds. The molecule has 1 heterocycles. The molecule has 0 aliphatic heterocycles. The van der Waals surface area contributed by atoms with Crippen molar-refractivity contribution in [2.24, 2.45) is 0 Å². The summed E-state index contributed by atoms with van der Waals surface area (Å²) < 4.78 is 12.6. The second kappa shape index (κ2) is 4.93. The fraction of sp³-hybridized carbons (Fsp3) is 0. The average molecular weight is 251 g/mol. The van der Waals surface area contributed by atoms with E-state index in [9.17, 15) is 9.18 Å². The van der Waals surface area contributed by atoms with E-state index < -0.39 is 5.95 Å². The molecule has 0 unspecified atom stereocenters. The van der Waals surface area contributed by atoms with Crippen LogP contribution in [-0.4, -0.2) is 10.9 Å². The van der Waals surface area contributed by atoms with Crippen molar-refractivity contribution in [3.63, 3.8) is 0 Å². The summed E-state index contributed by atoms with van der Waals surface area (Å²) in [6.45, 7) is 0. The molecule has 3 nitrogen and oxygen atoms in total. The molecule has 0 saturated carbocycles. The second-order valence-electron chi connectivity index (χ2n) is 3.33. The molecule has 0 spiro atoms. The summed E-state index contributed by atoms with van der Waals surface area (Å²) in [6.07, 6.45) is 1.25. The quantitative estimate of drug-likeness (QED) is 0.832. The van der Waals surface area contributed by atoms with Crippen LogP contribution in [0.3, 0.4) is 0 Å². The van der Waals surface area contributed by atoms with Crippen LogP contribution in [0, 0.1) is 5.95 Å². The highest BCUT2D eigenvalue weighted by Gasteiger charge is 2.05. The largest absolute Gasteiger partial charge is 0.321 e. The van der Waals surface area contributed by atoms with Crippen LogP contribution < -0.4 is 5.32 Å². The number of benzene rings is 1. The summed E-state index contributed by atoms with van der Waals surface area (Å²) in [5.74, 6) is -0.885. The van der Waals surface area contributed by atoms with Gasteiger partial charge in [-0.05, 0) is 36.4 Å². The van der Waals surface area contributed by atoms with Crippen LogP contribution in [0.4, 0.5) is 10.1 Å². The van der Waals surface area contributed by atoms with Crippen molar-refractivity contribution in [1.82, 2.24) is 4.98 Å². The first-order valence-corrected chi connectivity index (χ1v) is 5.21. The van der Waals surface area contributed by atoms with Gasteiger partial charge < -0.3 is 5.32 Å². The van der Waals surface area contributed by atoms with E-state index in [4.69, 9.17) is 11.6 Å². The lowest BCUT2D eigenvalue weighted by Gasteiger charge is -2.04. The van der Waals surface area contributed by atoms with Crippen molar-refractivity contribution >= 4 is 23.2 Å². The van der Waals surface area contributed by atoms with Gasteiger partial charge in [-0.25, -0.2) is 4.98 Å². The van der Waals surface area contributed by atoms with Crippen molar-refractivity contribution in [3.05, 3.63) is 59.1 Å².